The van der Waals surface area contributed by atoms with E-state index in [1.165, 1.54) is 18.2 Å². The van der Waals surface area contributed by atoms with Gasteiger partial charge >= 0.3 is 0 Å². The topological polar surface area (TPSA) is 42.2 Å². The molecule has 0 saturated heterocycles. The molecule has 0 unspecified atom stereocenters. The number of nitrogens with zero attached hydrogens (tertiary/aromatic N) is 1. The molecule has 1 N–H and O–H groups in total. The molecule has 0 bridgehead atoms. The van der Waals surface area contributed by atoms with Gasteiger partial charge in [0.2, 0.25) is 0 Å². The van der Waals surface area contributed by atoms with Crippen molar-refractivity contribution in [1.29, 1.82) is 0 Å². The zero-order valence-electron chi connectivity index (χ0n) is 14.6. The van der Waals surface area contributed by atoms with Crippen LogP contribution in [-0.4, -0.2) is 16.0 Å². The summed E-state index contributed by atoms with van der Waals surface area (Å²) < 4.78 is 29.3. The first kappa shape index (κ1) is 18.4. The molecule has 1 aromatic heterocycles. The van der Waals surface area contributed by atoms with Crippen LogP contribution in [0.3, 0.4) is 0 Å². The maximum absolute atomic E-state index is 13.7. The highest BCUT2D eigenvalue weighted by Gasteiger charge is 2.26. The number of carbonyl (C=O) groups is 1. The van der Waals surface area contributed by atoms with Gasteiger partial charge in [0.15, 0.2) is 6.29 Å². The Morgan fingerprint density at radius 1 is 1.23 bits per heavy atom. The molecule has 1 heterocycles. The van der Waals surface area contributed by atoms with Crippen molar-refractivity contribution in [3.63, 3.8) is 0 Å². The van der Waals surface area contributed by atoms with E-state index in [2.05, 4.69) is 0 Å². The van der Waals surface area contributed by atoms with Gasteiger partial charge in [-0.1, -0.05) is 11.6 Å². The van der Waals surface area contributed by atoms with E-state index in [1.807, 2.05) is 17.7 Å². The van der Waals surface area contributed by atoms with Crippen LogP contribution in [0.1, 0.15) is 39.5 Å². The molecule has 26 heavy (non-hydrogen) atoms. The largest absolute Gasteiger partial charge is 0.507 e. The number of alkyl halides is 2. The highest BCUT2D eigenvalue weighted by molar-refractivity contribution is 6.31. The van der Waals surface area contributed by atoms with Crippen molar-refractivity contribution in [3.8, 4) is 5.75 Å². The van der Waals surface area contributed by atoms with Crippen LogP contribution in [-0.2, 0) is 12.5 Å². The van der Waals surface area contributed by atoms with Crippen LogP contribution < -0.4 is 0 Å². The lowest BCUT2D eigenvalue weighted by molar-refractivity contribution is 0.0175. The molecule has 0 radical (unpaired) electrons. The van der Waals surface area contributed by atoms with Crippen LogP contribution in [0.4, 0.5) is 8.78 Å². The molecule has 0 spiro atoms. The van der Waals surface area contributed by atoms with Gasteiger partial charge in [-0.15, -0.1) is 0 Å². The minimum absolute atomic E-state index is 0.0350. The summed E-state index contributed by atoms with van der Waals surface area (Å²) in [6.07, 6.45) is 2.40. The van der Waals surface area contributed by atoms with Crippen molar-refractivity contribution in [1.82, 2.24) is 4.57 Å². The van der Waals surface area contributed by atoms with Gasteiger partial charge in [-0.25, -0.2) is 8.78 Å². The summed E-state index contributed by atoms with van der Waals surface area (Å²) in [5.41, 5.74) is 2.87. The monoisotopic (exact) mass is 377 g/mol. The van der Waals surface area contributed by atoms with E-state index >= 15 is 0 Å². The number of aromatic hydroxyl groups is 1. The molecule has 3 rings (SSSR count). The van der Waals surface area contributed by atoms with Gasteiger partial charge in [0, 0.05) is 34.7 Å². The first-order chi connectivity index (χ1) is 12.1. The maximum atomic E-state index is 13.7. The maximum Gasteiger partial charge on any atom is 0.270 e. The van der Waals surface area contributed by atoms with Gasteiger partial charge in [0.1, 0.15) is 5.75 Å². The summed E-state index contributed by atoms with van der Waals surface area (Å²) in [5.74, 6) is -3.09. The Kier molecular flexibility index (Phi) is 4.53. The molecule has 136 valence electrons. The average Bonchev–Trinajstić information content (AvgIpc) is 2.87. The fourth-order valence-corrected chi connectivity index (χ4v) is 3.47. The van der Waals surface area contributed by atoms with Crippen LogP contribution in [0, 0.1) is 13.8 Å². The number of hydrogen-bond acceptors (Lipinski definition) is 2. The van der Waals surface area contributed by atoms with E-state index in [1.54, 1.807) is 13.0 Å². The van der Waals surface area contributed by atoms with Crippen molar-refractivity contribution < 1.29 is 18.7 Å². The number of fused-ring (bicyclic) bond motifs is 1. The van der Waals surface area contributed by atoms with Crippen molar-refractivity contribution in [2.75, 3.05) is 0 Å². The predicted molar refractivity (Wildman–Crippen MR) is 98.6 cm³/mol. The highest BCUT2D eigenvalue weighted by atomic mass is 35.5. The summed E-state index contributed by atoms with van der Waals surface area (Å²) in [7, 11) is 0. The number of aryl methyl sites for hydroxylation is 2. The number of halogens is 3. The Morgan fingerprint density at radius 3 is 2.54 bits per heavy atom. The molecule has 3 aromatic rings. The molecular weight excluding hydrogens is 360 g/mol. The minimum atomic E-state index is -2.92. The zero-order chi connectivity index (χ0) is 19.2. The lowest BCUT2D eigenvalue weighted by Gasteiger charge is -2.15. The Labute approximate surface area is 154 Å². The van der Waals surface area contributed by atoms with Gasteiger partial charge in [0.05, 0.1) is 17.6 Å². The first-order valence-electron chi connectivity index (χ1n) is 8.07. The average molecular weight is 378 g/mol. The Hall–Kier alpha value is -2.40. The normalized spacial score (nSPS) is 11.9. The molecular formula is C20H18ClF2NO2. The Bertz CT molecular complexity index is 1020. The van der Waals surface area contributed by atoms with Crippen molar-refractivity contribution in [2.24, 2.45) is 0 Å². The molecule has 0 amide bonds. The summed E-state index contributed by atoms with van der Waals surface area (Å²) in [6.45, 7) is 4.72. The van der Waals surface area contributed by atoms with Gasteiger partial charge in [-0.2, -0.15) is 0 Å². The summed E-state index contributed by atoms with van der Waals surface area (Å²) in [6, 6.07) is 5.98. The van der Waals surface area contributed by atoms with Crippen LogP contribution >= 0.6 is 11.6 Å². The quantitative estimate of drug-likeness (QED) is 0.602. The molecule has 6 heteroatoms. The SMILES string of the molecule is Cc1cn(Cc2c(Cl)ccc(C=O)c2O)c2c(C)cc(C(C)(F)F)cc12. The van der Waals surface area contributed by atoms with E-state index in [9.17, 15) is 18.7 Å². The fourth-order valence-electron chi connectivity index (χ4n) is 3.25. The second-order valence-electron chi connectivity index (χ2n) is 6.60. The van der Waals surface area contributed by atoms with Crippen molar-refractivity contribution in [2.45, 2.75) is 33.2 Å². The minimum Gasteiger partial charge on any atom is -0.507 e. The van der Waals surface area contributed by atoms with E-state index < -0.39 is 5.92 Å². The standard InChI is InChI=1S/C20H18ClF2NO2/c1-11-6-14(20(3,22)23)7-15-12(2)8-24(18(11)15)9-16-17(21)5-4-13(10-25)19(16)26/h4-8,10,26H,9H2,1-3H3. The molecule has 0 saturated carbocycles. The number of aldehydes is 1. The van der Waals surface area contributed by atoms with E-state index in [-0.39, 0.29) is 23.4 Å². The van der Waals surface area contributed by atoms with Gasteiger partial charge in [0.25, 0.3) is 5.92 Å². The molecule has 0 aliphatic rings. The number of aromatic nitrogens is 1. The van der Waals surface area contributed by atoms with Gasteiger partial charge < -0.3 is 9.67 Å². The van der Waals surface area contributed by atoms with E-state index in [0.29, 0.717) is 22.4 Å². The molecule has 0 aliphatic heterocycles. The van der Waals surface area contributed by atoms with Crippen LogP contribution in [0.5, 0.6) is 5.75 Å². The van der Waals surface area contributed by atoms with Crippen molar-refractivity contribution in [3.05, 3.63) is 63.3 Å². The van der Waals surface area contributed by atoms with Gasteiger partial charge in [-0.3, -0.25) is 4.79 Å². The van der Waals surface area contributed by atoms with Crippen molar-refractivity contribution >= 4 is 28.8 Å². The highest BCUT2D eigenvalue weighted by Crippen LogP contribution is 2.35. The molecule has 2 aromatic carbocycles. The lowest BCUT2D eigenvalue weighted by atomic mass is 10.0. The number of phenols is 1. The van der Waals surface area contributed by atoms with Crippen LogP contribution in [0.15, 0.2) is 30.5 Å². The summed E-state index contributed by atoms with van der Waals surface area (Å²) >= 11 is 6.20. The summed E-state index contributed by atoms with van der Waals surface area (Å²) in [5, 5.41) is 11.4. The summed E-state index contributed by atoms with van der Waals surface area (Å²) in [4.78, 5) is 11.1. The van der Waals surface area contributed by atoms with Crippen LogP contribution in [0.25, 0.3) is 10.9 Å². The number of phenolic OH excluding ortho intramolecular Hbond substituents is 1. The molecule has 0 atom stereocenters. The fraction of sp³-hybridized carbons (Fsp3) is 0.250. The third kappa shape index (κ3) is 3.07. The van der Waals surface area contributed by atoms with E-state index in [4.69, 9.17) is 11.6 Å². The predicted octanol–water partition coefficient (Wildman–Crippen LogP) is 5.59. The zero-order valence-corrected chi connectivity index (χ0v) is 15.4. The second-order valence-corrected chi connectivity index (χ2v) is 7.01. The first-order valence-corrected chi connectivity index (χ1v) is 8.45. The van der Waals surface area contributed by atoms with Crippen LogP contribution in [0.2, 0.25) is 5.02 Å². The Morgan fingerprint density at radius 2 is 1.92 bits per heavy atom. The lowest BCUT2D eigenvalue weighted by Crippen LogP contribution is -2.08. The molecule has 3 nitrogen and oxygen atoms in total. The molecule has 0 aliphatic carbocycles. The second kappa shape index (κ2) is 6.40. The number of benzene rings is 2. The number of rotatable bonds is 4. The van der Waals surface area contributed by atoms with E-state index in [0.717, 1.165) is 23.4 Å². The number of hydrogen-bond donors (Lipinski definition) is 1. The Balaban J connectivity index is 2.18. The smallest absolute Gasteiger partial charge is 0.270 e. The third-order valence-corrected chi connectivity index (χ3v) is 4.94. The molecule has 0 fully saturated rings. The third-order valence-electron chi connectivity index (χ3n) is 4.58. The number of carbonyl (C=O) groups excluding carboxylic acids is 1. The van der Waals surface area contributed by atoms with Gasteiger partial charge in [-0.05, 0) is 49.2 Å².